The fourth-order valence-corrected chi connectivity index (χ4v) is 3.66. The molecule has 0 bridgehead atoms. The highest BCUT2D eigenvalue weighted by molar-refractivity contribution is 6.02. The first-order chi connectivity index (χ1) is 16.2. The van der Waals surface area contributed by atoms with Gasteiger partial charge in [0, 0.05) is 30.2 Å². The summed E-state index contributed by atoms with van der Waals surface area (Å²) in [7, 11) is 1.64. The zero-order valence-corrected chi connectivity index (χ0v) is 18.8. The highest BCUT2D eigenvalue weighted by atomic mass is 16.5. The van der Waals surface area contributed by atoms with Crippen molar-refractivity contribution in [1.29, 1.82) is 0 Å². The lowest BCUT2D eigenvalue weighted by molar-refractivity contribution is 0.102. The molecule has 0 unspecified atom stereocenters. The number of amides is 1. The molecule has 1 aliphatic rings. The Kier molecular flexibility index (Phi) is 7.14. The number of hydrogen-bond acceptors (Lipinski definition) is 7. The van der Waals surface area contributed by atoms with Gasteiger partial charge in [-0.2, -0.15) is 5.10 Å². The smallest absolute Gasteiger partial charge is 0.275 e. The summed E-state index contributed by atoms with van der Waals surface area (Å²) in [6.07, 6.45) is 6.42. The molecule has 2 aromatic carbocycles. The molecular formula is C25H27N5O3. The van der Waals surface area contributed by atoms with Crippen molar-refractivity contribution >= 4 is 17.3 Å². The molecule has 1 N–H and O–H groups in total. The van der Waals surface area contributed by atoms with Crippen molar-refractivity contribution < 1.29 is 14.3 Å². The number of nitrogens with one attached hydrogen (secondary N) is 1. The van der Waals surface area contributed by atoms with E-state index < -0.39 is 0 Å². The van der Waals surface area contributed by atoms with Crippen LogP contribution in [0.2, 0.25) is 0 Å². The Balaban J connectivity index is 1.42. The van der Waals surface area contributed by atoms with Crippen LogP contribution in [0.15, 0.2) is 66.2 Å². The van der Waals surface area contributed by atoms with Crippen molar-refractivity contribution in [3.05, 3.63) is 77.9 Å². The molecule has 0 saturated carbocycles. The number of benzene rings is 2. The average Bonchev–Trinajstić information content (AvgIpc) is 2.86. The van der Waals surface area contributed by atoms with E-state index in [-0.39, 0.29) is 11.6 Å². The van der Waals surface area contributed by atoms with Gasteiger partial charge in [0.25, 0.3) is 5.91 Å². The molecule has 4 rings (SSSR count). The standard InChI is InChI=1S/C25H27N5O3/c1-3-33-24-15-19(8-11-23(24)32-2)21-5-4-14-30(29-21)17-18-6-9-20(10-7-18)28-25(31)22-16-26-12-13-27-22/h6-13,15-16H,3-5,14,17H2,1-2H3,(H,28,31). The molecule has 0 radical (unpaired) electrons. The van der Waals surface area contributed by atoms with E-state index in [1.54, 1.807) is 7.11 Å². The number of ether oxygens (including phenoxy) is 2. The molecule has 0 fully saturated rings. The third-order valence-electron chi connectivity index (χ3n) is 5.26. The van der Waals surface area contributed by atoms with Crippen molar-refractivity contribution in [2.24, 2.45) is 5.10 Å². The van der Waals surface area contributed by atoms with Crippen LogP contribution in [0.4, 0.5) is 5.69 Å². The molecule has 0 atom stereocenters. The van der Waals surface area contributed by atoms with Crippen LogP contribution in [0.3, 0.4) is 0 Å². The van der Waals surface area contributed by atoms with E-state index in [2.05, 4.69) is 20.3 Å². The first-order valence-corrected chi connectivity index (χ1v) is 11.0. The van der Waals surface area contributed by atoms with Gasteiger partial charge in [-0.05, 0) is 55.7 Å². The van der Waals surface area contributed by atoms with Gasteiger partial charge < -0.3 is 14.8 Å². The highest BCUT2D eigenvalue weighted by Gasteiger charge is 2.16. The van der Waals surface area contributed by atoms with Crippen LogP contribution in [-0.4, -0.2) is 46.9 Å². The molecule has 1 aromatic heterocycles. The number of anilines is 1. The molecule has 3 aromatic rings. The second-order valence-electron chi connectivity index (χ2n) is 7.58. The van der Waals surface area contributed by atoms with E-state index in [9.17, 15) is 4.79 Å². The maximum absolute atomic E-state index is 12.2. The van der Waals surface area contributed by atoms with Gasteiger partial charge in [-0.1, -0.05) is 12.1 Å². The van der Waals surface area contributed by atoms with Gasteiger partial charge in [0.2, 0.25) is 0 Å². The Bertz CT molecular complexity index is 1120. The third-order valence-corrected chi connectivity index (χ3v) is 5.26. The zero-order valence-electron chi connectivity index (χ0n) is 18.8. The highest BCUT2D eigenvalue weighted by Crippen LogP contribution is 2.29. The van der Waals surface area contributed by atoms with Crippen molar-refractivity contribution in [2.45, 2.75) is 26.3 Å². The molecule has 0 saturated heterocycles. The van der Waals surface area contributed by atoms with Crippen molar-refractivity contribution in [3.8, 4) is 11.5 Å². The van der Waals surface area contributed by atoms with Crippen molar-refractivity contribution in [3.63, 3.8) is 0 Å². The lowest BCUT2D eigenvalue weighted by atomic mass is 10.0. The van der Waals surface area contributed by atoms with Gasteiger partial charge in [0.15, 0.2) is 11.5 Å². The number of carbonyl (C=O) groups excluding carboxylic acids is 1. The van der Waals surface area contributed by atoms with Gasteiger partial charge in [-0.3, -0.25) is 14.8 Å². The number of nitrogens with zero attached hydrogens (tertiary/aromatic N) is 4. The number of aromatic nitrogens is 2. The second kappa shape index (κ2) is 10.6. The number of hydrogen-bond donors (Lipinski definition) is 1. The number of carbonyl (C=O) groups is 1. The predicted octanol–water partition coefficient (Wildman–Crippen LogP) is 4.14. The summed E-state index contributed by atoms with van der Waals surface area (Å²) in [6, 6.07) is 13.7. The van der Waals surface area contributed by atoms with Crippen LogP contribution < -0.4 is 14.8 Å². The first kappa shape index (κ1) is 22.3. The summed E-state index contributed by atoms with van der Waals surface area (Å²) in [4.78, 5) is 20.2. The molecule has 0 spiro atoms. The monoisotopic (exact) mass is 445 g/mol. The Labute approximate surface area is 193 Å². The lowest BCUT2D eigenvalue weighted by Gasteiger charge is -2.26. The van der Waals surface area contributed by atoms with E-state index in [1.807, 2.05) is 49.4 Å². The summed E-state index contributed by atoms with van der Waals surface area (Å²) >= 11 is 0. The minimum atomic E-state index is -0.285. The van der Waals surface area contributed by atoms with E-state index >= 15 is 0 Å². The van der Waals surface area contributed by atoms with Crippen LogP contribution in [0.1, 0.15) is 41.4 Å². The van der Waals surface area contributed by atoms with E-state index in [0.29, 0.717) is 18.8 Å². The topological polar surface area (TPSA) is 88.9 Å². The van der Waals surface area contributed by atoms with Gasteiger partial charge in [-0.15, -0.1) is 0 Å². The molecule has 2 heterocycles. The quantitative estimate of drug-likeness (QED) is 0.561. The summed E-state index contributed by atoms with van der Waals surface area (Å²) in [5, 5.41) is 9.80. The molecule has 170 valence electrons. The van der Waals surface area contributed by atoms with Gasteiger partial charge in [0.1, 0.15) is 5.69 Å². The fraction of sp³-hybridized carbons (Fsp3) is 0.280. The van der Waals surface area contributed by atoms with Gasteiger partial charge >= 0.3 is 0 Å². The van der Waals surface area contributed by atoms with Crippen LogP contribution in [0, 0.1) is 0 Å². The molecule has 1 amide bonds. The average molecular weight is 446 g/mol. The maximum atomic E-state index is 12.2. The van der Waals surface area contributed by atoms with Crippen LogP contribution in [0.5, 0.6) is 11.5 Å². The van der Waals surface area contributed by atoms with Crippen LogP contribution in [-0.2, 0) is 6.54 Å². The third kappa shape index (κ3) is 5.65. The van der Waals surface area contributed by atoms with E-state index in [1.165, 1.54) is 18.6 Å². The van der Waals surface area contributed by atoms with Crippen molar-refractivity contribution in [1.82, 2.24) is 15.0 Å². The SMILES string of the molecule is CCOc1cc(C2=NN(Cc3ccc(NC(=O)c4cnccn4)cc3)CCC2)ccc1OC. The normalized spacial score (nSPS) is 13.3. The molecular weight excluding hydrogens is 418 g/mol. The van der Waals surface area contributed by atoms with Crippen LogP contribution >= 0.6 is 0 Å². The Morgan fingerprint density at radius 1 is 1.12 bits per heavy atom. The lowest BCUT2D eigenvalue weighted by Crippen LogP contribution is -2.26. The summed E-state index contributed by atoms with van der Waals surface area (Å²) in [6.45, 7) is 4.12. The molecule has 8 nitrogen and oxygen atoms in total. The molecule has 8 heteroatoms. The Morgan fingerprint density at radius 3 is 2.70 bits per heavy atom. The summed E-state index contributed by atoms with van der Waals surface area (Å²) < 4.78 is 11.1. The van der Waals surface area contributed by atoms with E-state index in [0.717, 1.165) is 47.7 Å². The minimum absolute atomic E-state index is 0.280. The van der Waals surface area contributed by atoms with E-state index in [4.69, 9.17) is 14.6 Å². The second-order valence-corrected chi connectivity index (χ2v) is 7.58. The Morgan fingerprint density at radius 2 is 1.97 bits per heavy atom. The number of rotatable bonds is 8. The van der Waals surface area contributed by atoms with Crippen molar-refractivity contribution in [2.75, 3.05) is 25.6 Å². The molecule has 33 heavy (non-hydrogen) atoms. The minimum Gasteiger partial charge on any atom is -0.493 e. The number of methoxy groups -OCH3 is 1. The maximum Gasteiger partial charge on any atom is 0.275 e. The van der Waals surface area contributed by atoms with Gasteiger partial charge in [-0.25, -0.2) is 4.98 Å². The van der Waals surface area contributed by atoms with Gasteiger partial charge in [0.05, 0.1) is 32.2 Å². The molecule has 1 aliphatic heterocycles. The molecule has 0 aliphatic carbocycles. The van der Waals surface area contributed by atoms with Crippen LogP contribution in [0.25, 0.3) is 0 Å². The summed E-state index contributed by atoms with van der Waals surface area (Å²) in [5.74, 6) is 1.17. The number of hydrazone groups is 1. The Hall–Kier alpha value is -3.94. The summed E-state index contributed by atoms with van der Waals surface area (Å²) in [5.41, 5.74) is 4.19. The zero-order chi connectivity index (χ0) is 23.0. The predicted molar refractivity (Wildman–Crippen MR) is 127 cm³/mol. The first-order valence-electron chi connectivity index (χ1n) is 11.0. The largest absolute Gasteiger partial charge is 0.493 e. The fourth-order valence-electron chi connectivity index (χ4n) is 3.66.